The predicted molar refractivity (Wildman–Crippen MR) is 117 cm³/mol. The SMILES string of the molecule is CC(C)c1ccc(S(=O)(=O)NC(=O)C2Oc3ccccc3Cc3ccccc3O2)cc1. The lowest BCUT2D eigenvalue weighted by Gasteiger charge is -2.25. The zero-order valence-electron chi connectivity index (χ0n) is 17.2. The Labute approximate surface area is 181 Å². The summed E-state index contributed by atoms with van der Waals surface area (Å²) in [4.78, 5) is 12.9. The van der Waals surface area contributed by atoms with Crippen LogP contribution in [0, 0.1) is 0 Å². The number of carbonyl (C=O) groups is 1. The van der Waals surface area contributed by atoms with Crippen LogP contribution in [0.25, 0.3) is 0 Å². The first-order valence-electron chi connectivity index (χ1n) is 9.99. The van der Waals surface area contributed by atoms with Gasteiger partial charge >= 0.3 is 12.2 Å². The molecule has 1 amide bonds. The summed E-state index contributed by atoms with van der Waals surface area (Å²) < 4.78 is 39.2. The van der Waals surface area contributed by atoms with Gasteiger partial charge in [0.15, 0.2) is 0 Å². The standard InChI is InChI=1S/C24H23NO5S/c1-16(2)17-11-13-20(14-12-17)31(27,28)25-23(26)24-29-21-9-5-3-7-18(21)15-19-8-4-6-10-22(19)30-24/h3-14,16,24H,15H2,1-2H3,(H,25,26). The number of fused-ring (bicyclic) bond motifs is 2. The second-order valence-electron chi connectivity index (χ2n) is 7.65. The largest absolute Gasteiger partial charge is 0.446 e. The molecule has 1 aliphatic rings. The molecule has 1 N–H and O–H groups in total. The number of rotatable bonds is 4. The number of hydrogen-bond acceptors (Lipinski definition) is 5. The predicted octanol–water partition coefficient (Wildman–Crippen LogP) is 4.00. The number of amides is 1. The Morgan fingerprint density at radius 1 is 0.871 bits per heavy atom. The van der Waals surface area contributed by atoms with Crippen molar-refractivity contribution in [2.75, 3.05) is 0 Å². The van der Waals surface area contributed by atoms with Crippen LogP contribution in [0.4, 0.5) is 0 Å². The van der Waals surface area contributed by atoms with Crippen LogP contribution in [0.3, 0.4) is 0 Å². The zero-order valence-corrected chi connectivity index (χ0v) is 18.1. The lowest BCUT2D eigenvalue weighted by atomic mass is 10.0. The first-order valence-corrected chi connectivity index (χ1v) is 11.5. The second-order valence-corrected chi connectivity index (χ2v) is 9.34. The van der Waals surface area contributed by atoms with Crippen molar-refractivity contribution in [1.82, 2.24) is 4.72 Å². The maximum absolute atomic E-state index is 12.9. The third-order valence-corrected chi connectivity index (χ3v) is 6.46. The fourth-order valence-corrected chi connectivity index (χ4v) is 4.34. The molecule has 0 unspecified atom stereocenters. The van der Waals surface area contributed by atoms with Crippen molar-refractivity contribution in [3.05, 3.63) is 89.5 Å². The average Bonchev–Trinajstić information content (AvgIpc) is 2.73. The molecule has 0 atom stereocenters. The molecule has 1 heterocycles. The third-order valence-electron chi connectivity index (χ3n) is 5.10. The summed E-state index contributed by atoms with van der Waals surface area (Å²) in [7, 11) is -4.09. The first-order chi connectivity index (χ1) is 14.8. The molecular weight excluding hydrogens is 414 g/mol. The van der Waals surface area contributed by atoms with Gasteiger partial charge in [0.05, 0.1) is 4.90 Å². The molecule has 4 rings (SSSR count). The summed E-state index contributed by atoms with van der Waals surface area (Å²) in [6, 6.07) is 21.0. The number of para-hydroxylation sites is 2. The Bertz CT molecular complexity index is 1160. The number of nitrogens with one attached hydrogen (secondary N) is 1. The van der Waals surface area contributed by atoms with Crippen LogP contribution in [0.1, 0.15) is 36.5 Å². The van der Waals surface area contributed by atoms with E-state index in [4.69, 9.17) is 9.47 Å². The molecule has 1 aliphatic heterocycles. The van der Waals surface area contributed by atoms with Crippen LogP contribution < -0.4 is 14.2 Å². The maximum atomic E-state index is 12.9. The van der Waals surface area contributed by atoms with E-state index in [1.807, 2.05) is 38.1 Å². The van der Waals surface area contributed by atoms with Gasteiger partial charge in [0.2, 0.25) is 0 Å². The lowest BCUT2D eigenvalue weighted by molar-refractivity contribution is -0.138. The van der Waals surface area contributed by atoms with E-state index in [1.165, 1.54) is 12.1 Å². The van der Waals surface area contributed by atoms with Gasteiger partial charge in [0, 0.05) is 6.42 Å². The highest BCUT2D eigenvalue weighted by molar-refractivity contribution is 7.90. The van der Waals surface area contributed by atoms with Crippen molar-refractivity contribution in [1.29, 1.82) is 0 Å². The first kappa shape index (κ1) is 20.9. The van der Waals surface area contributed by atoms with Crippen LogP contribution in [0.2, 0.25) is 0 Å². The Morgan fingerprint density at radius 3 is 1.90 bits per heavy atom. The topological polar surface area (TPSA) is 81.7 Å². The van der Waals surface area contributed by atoms with Gasteiger partial charge in [-0.3, -0.25) is 4.79 Å². The van der Waals surface area contributed by atoms with Gasteiger partial charge in [-0.2, -0.15) is 0 Å². The van der Waals surface area contributed by atoms with Crippen molar-refractivity contribution >= 4 is 15.9 Å². The van der Waals surface area contributed by atoms with Gasteiger partial charge in [0.1, 0.15) is 11.5 Å². The molecule has 0 saturated carbocycles. The quantitative estimate of drug-likeness (QED) is 0.667. The molecule has 0 saturated heterocycles. The summed E-state index contributed by atoms with van der Waals surface area (Å²) in [5, 5.41) is 0. The van der Waals surface area contributed by atoms with Crippen molar-refractivity contribution < 1.29 is 22.7 Å². The third kappa shape index (κ3) is 4.56. The summed E-state index contributed by atoms with van der Waals surface area (Å²) in [5.41, 5.74) is 2.76. The van der Waals surface area contributed by atoms with Crippen LogP contribution in [0.5, 0.6) is 11.5 Å². The van der Waals surface area contributed by atoms with Crippen LogP contribution in [-0.4, -0.2) is 20.6 Å². The highest BCUT2D eigenvalue weighted by Crippen LogP contribution is 2.31. The van der Waals surface area contributed by atoms with Gasteiger partial charge in [0.25, 0.3) is 10.0 Å². The van der Waals surface area contributed by atoms with Gasteiger partial charge in [-0.15, -0.1) is 0 Å². The zero-order chi connectivity index (χ0) is 22.0. The molecule has 160 valence electrons. The Kier molecular flexibility index (Phi) is 5.69. The fourth-order valence-electron chi connectivity index (χ4n) is 3.37. The summed E-state index contributed by atoms with van der Waals surface area (Å²) in [6.07, 6.45) is -0.895. The second kappa shape index (κ2) is 8.43. The van der Waals surface area contributed by atoms with E-state index in [1.54, 1.807) is 36.4 Å². The highest BCUT2D eigenvalue weighted by Gasteiger charge is 2.30. The summed E-state index contributed by atoms with van der Waals surface area (Å²) in [5.74, 6) is 0.300. The van der Waals surface area contributed by atoms with Gasteiger partial charge in [-0.25, -0.2) is 13.1 Å². The summed E-state index contributed by atoms with van der Waals surface area (Å²) >= 11 is 0. The molecule has 0 aliphatic carbocycles. The maximum Gasteiger partial charge on any atom is 0.322 e. The number of benzene rings is 3. The number of hydrogen-bond donors (Lipinski definition) is 1. The van der Waals surface area contributed by atoms with Gasteiger partial charge in [-0.05, 0) is 46.9 Å². The fraction of sp³-hybridized carbons (Fsp3) is 0.208. The van der Waals surface area contributed by atoms with E-state index in [9.17, 15) is 13.2 Å². The van der Waals surface area contributed by atoms with E-state index >= 15 is 0 Å². The van der Waals surface area contributed by atoms with E-state index in [0.717, 1.165) is 16.7 Å². The molecule has 0 aromatic heterocycles. The Hall–Kier alpha value is -3.32. The highest BCUT2D eigenvalue weighted by atomic mass is 32.2. The number of ether oxygens (including phenoxy) is 2. The van der Waals surface area contributed by atoms with E-state index in [-0.39, 0.29) is 10.8 Å². The van der Waals surface area contributed by atoms with Crippen LogP contribution >= 0.6 is 0 Å². The molecule has 3 aromatic rings. The minimum Gasteiger partial charge on any atom is -0.446 e. The van der Waals surface area contributed by atoms with Crippen LogP contribution in [0.15, 0.2) is 77.7 Å². The molecule has 0 radical (unpaired) electrons. The van der Waals surface area contributed by atoms with E-state index in [0.29, 0.717) is 17.9 Å². The molecule has 3 aromatic carbocycles. The molecule has 0 spiro atoms. The average molecular weight is 438 g/mol. The van der Waals surface area contributed by atoms with Gasteiger partial charge in [-0.1, -0.05) is 62.4 Å². The van der Waals surface area contributed by atoms with Crippen molar-refractivity contribution in [3.63, 3.8) is 0 Å². The number of sulfonamides is 1. The lowest BCUT2D eigenvalue weighted by Crippen LogP contribution is -2.45. The van der Waals surface area contributed by atoms with Crippen molar-refractivity contribution in [2.24, 2.45) is 0 Å². The monoisotopic (exact) mass is 437 g/mol. The smallest absolute Gasteiger partial charge is 0.322 e. The van der Waals surface area contributed by atoms with Gasteiger partial charge < -0.3 is 9.47 Å². The molecule has 6 nitrogen and oxygen atoms in total. The van der Waals surface area contributed by atoms with E-state index < -0.39 is 22.2 Å². The minimum atomic E-state index is -4.09. The van der Waals surface area contributed by atoms with E-state index in [2.05, 4.69) is 4.72 Å². The Balaban J connectivity index is 1.61. The molecule has 0 fully saturated rings. The van der Waals surface area contributed by atoms with Crippen molar-refractivity contribution in [2.45, 2.75) is 37.4 Å². The molecule has 0 bridgehead atoms. The minimum absolute atomic E-state index is 0.00288. The van der Waals surface area contributed by atoms with Crippen molar-refractivity contribution in [3.8, 4) is 11.5 Å². The Morgan fingerprint density at radius 2 is 1.39 bits per heavy atom. The molecule has 7 heteroatoms. The molecule has 31 heavy (non-hydrogen) atoms. The normalized spacial score (nSPS) is 13.8. The number of carbonyl (C=O) groups excluding carboxylic acids is 1. The van der Waals surface area contributed by atoms with Crippen LogP contribution in [-0.2, 0) is 21.2 Å². The summed E-state index contributed by atoms with van der Waals surface area (Å²) in [6.45, 7) is 4.04. The molecular formula is C24H23NO5S.